The average molecular weight is 491 g/mol. The fourth-order valence-corrected chi connectivity index (χ4v) is 4.91. The molecule has 0 spiro atoms. The second kappa shape index (κ2) is 12.4. The Morgan fingerprint density at radius 1 is 0.649 bits per heavy atom. The molecule has 0 saturated carbocycles. The molecular formula is C34H38N2O. The molecule has 4 aromatic carbocycles. The van der Waals surface area contributed by atoms with Crippen molar-refractivity contribution in [3.63, 3.8) is 0 Å². The van der Waals surface area contributed by atoms with E-state index in [1.807, 2.05) is 18.2 Å². The molecule has 190 valence electrons. The molecule has 4 rings (SSSR count). The topological polar surface area (TPSA) is 41.1 Å². The summed E-state index contributed by atoms with van der Waals surface area (Å²) in [5.41, 5.74) is 7.85. The first-order valence-corrected chi connectivity index (χ1v) is 13.3. The SMILES string of the molecule is CC(C)c1cccc(C(C)C)c1NC(=O)Cc1ccccc1NCC(c1ccccc1)c1ccccc1. The molecule has 37 heavy (non-hydrogen) atoms. The lowest BCUT2D eigenvalue weighted by Gasteiger charge is -2.22. The highest BCUT2D eigenvalue weighted by Gasteiger charge is 2.18. The number of amides is 1. The Balaban J connectivity index is 1.53. The van der Waals surface area contributed by atoms with Crippen molar-refractivity contribution in [2.75, 3.05) is 17.2 Å². The Hall–Kier alpha value is -3.85. The van der Waals surface area contributed by atoms with Crippen molar-refractivity contribution in [2.24, 2.45) is 0 Å². The van der Waals surface area contributed by atoms with Crippen molar-refractivity contribution >= 4 is 17.3 Å². The number of hydrogen-bond acceptors (Lipinski definition) is 2. The van der Waals surface area contributed by atoms with E-state index in [0.29, 0.717) is 18.3 Å². The second-order valence-electron chi connectivity index (χ2n) is 10.3. The molecule has 0 fully saturated rings. The van der Waals surface area contributed by atoms with Crippen LogP contribution >= 0.6 is 0 Å². The summed E-state index contributed by atoms with van der Waals surface area (Å²) in [4.78, 5) is 13.3. The highest BCUT2D eigenvalue weighted by Crippen LogP contribution is 2.33. The van der Waals surface area contributed by atoms with E-state index in [2.05, 4.69) is 123 Å². The predicted octanol–water partition coefficient (Wildman–Crippen LogP) is 8.36. The monoisotopic (exact) mass is 490 g/mol. The molecule has 2 N–H and O–H groups in total. The number of carbonyl (C=O) groups is 1. The molecule has 0 bridgehead atoms. The summed E-state index contributed by atoms with van der Waals surface area (Å²) in [7, 11) is 0. The van der Waals surface area contributed by atoms with Crippen LogP contribution in [0.25, 0.3) is 0 Å². The van der Waals surface area contributed by atoms with Gasteiger partial charge in [-0.25, -0.2) is 0 Å². The molecular weight excluding hydrogens is 452 g/mol. The van der Waals surface area contributed by atoms with Crippen molar-refractivity contribution in [1.82, 2.24) is 0 Å². The fraction of sp³-hybridized carbons (Fsp3) is 0.265. The average Bonchev–Trinajstić information content (AvgIpc) is 2.90. The number of hydrogen-bond donors (Lipinski definition) is 2. The first kappa shape index (κ1) is 26.2. The van der Waals surface area contributed by atoms with Gasteiger partial charge in [-0.15, -0.1) is 0 Å². The van der Waals surface area contributed by atoms with Crippen molar-refractivity contribution in [2.45, 2.75) is 51.9 Å². The van der Waals surface area contributed by atoms with E-state index in [1.165, 1.54) is 22.3 Å². The van der Waals surface area contributed by atoms with Gasteiger partial charge < -0.3 is 10.6 Å². The normalized spacial score (nSPS) is 11.2. The standard InChI is InChI=1S/C34H38N2O/c1-24(2)29-19-13-20-30(25(3)4)34(29)36-33(37)22-28-18-11-12-21-32(28)35-23-31(26-14-7-5-8-15-26)27-16-9-6-10-17-27/h5-21,24-25,31,35H,22-23H2,1-4H3,(H,36,37). The van der Waals surface area contributed by atoms with Crippen LogP contribution in [0.4, 0.5) is 11.4 Å². The van der Waals surface area contributed by atoms with E-state index < -0.39 is 0 Å². The summed E-state index contributed by atoms with van der Waals surface area (Å²) in [6.07, 6.45) is 0.314. The molecule has 0 radical (unpaired) electrons. The van der Waals surface area contributed by atoms with Gasteiger partial charge in [-0.2, -0.15) is 0 Å². The van der Waals surface area contributed by atoms with Gasteiger partial charge in [0.25, 0.3) is 0 Å². The Labute approximate surface area is 222 Å². The van der Waals surface area contributed by atoms with Crippen LogP contribution in [0.3, 0.4) is 0 Å². The number of benzene rings is 4. The van der Waals surface area contributed by atoms with Gasteiger partial charge >= 0.3 is 0 Å². The molecule has 0 aliphatic carbocycles. The van der Waals surface area contributed by atoms with Crippen LogP contribution in [0.1, 0.15) is 73.3 Å². The largest absolute Gasteiger partial charge is 0.384 e. The molecule has 0 unspecified atom stereocenters. The van der Waals surface area contributed by atoms with Crippen molar-refractivity contribution < 1.29 is 4.79 Å². The maximum atomic E-state index is 13.3. The lowest BCUT2D eigenvalue weighted by atomic mass is 9.91. The Morgan fingerprint density at radius 3 is 1.70 bits per heavy atom. The molecule has 3 heteroatoms. The van der Waals surface area contributed by atoms with Gasteiger partial charge in [0.1, 0.15) is 0 Å². The third-order valence-corrected chi connectivity index (χ3v) is 6.91. The van der Waals surface area contributed by atoms with E-state index in [0.717, 1.165) is 23.5 Å². The highest BCUT2D eigenvalue weighted by atomic mass is 16.1. The fourth-order valence-electron chi connectivity index (χ4n) is 4.91. The molecule has 0 saturated heterocycles. The maximum absolute atomic E-state index is 13.3. The van der Waals surface area contributed by atoms with Gasteiger partial charge in [0.15, 0.2) is 0 Å². The molecule has 0 aromatic heterocycles. The lowest BCUT2D eigenvalue weighted by molar-refractivity contribution is -0.115. The summed E-state index contributed by atoms with van der Waals surface area (Å²) in [5.74, 6) is 0.870. The van der Waals surface area contributed by atoms with Gasteiger partial charge in [0.2, 0.25) is 5.91 Å². The van der Waals surface area contributed by atoms with E-state index in [1.54, 1.807) is 0 Å². The quantitative estimate of drug-likeness (QED) is 0.234. The maximum Gasteiger partial charge on any atom is 0.228 e. The Bertz CT molecular complexity index is 1230. The van der Waals surface area contributed by atoms with E-state index in [4.69, 9.17) is 0 Å². The number of rotatable bonds is 10. The zero-order valence-corrected chi connectivity index (χ0v) is 22.4. The van der Waals surface area contributed by atoms with Crippen LogP contribution in [-0.2, 0) is 11.2 Å². The van der Waals surface area contributed by atoms with Crippen molar-refractivity contribution in [1.29, 1.82) is 0 Å². The molecule has 1 amide bonds. The van der Waals surface area contributed by atoms with Gasteiger partial charge in [0.05, 0.1) is 6.42 Å². The molecule has 0 aliphatic heterocycles. The first-order chi connectivity index (χ1) is 17.9. The zero-order chi connectivity index (χ0) is 26.2. The number of carbonyl (C=O) groups excluding carboxylic acids is 1. The van der Waals surface area contributed by atoms with Gasteiger partial charge in [-0.1, -0.05) is 125 Å². The van der Waals surface area contributed by atoms with Crippen LogP contribution in [0, 0.1) is 0 Å². The second-order valence-corrected chi connectivity index (χ2v) is 10.3. The van der Waals surface area contributed by atoms with Crippen LogP contribution in [0.2, 0.25) is 0 Å². The van der Waals surface area contributed by atoms with E-state index in [9.17, 15) is 4.79 Å². The first-order valence-electron chi connectivity index (χ1n) is 13.3. The predicted molar refractivity (Wildman–Crippen MR) is 157 cm³/mol. The number of para-hydroxylation sites is 2. The summed E-state index contributed by atoms with van der Waals surface area (Å²) in [6, 6.07) is 35.6. The van der Waals surface area contributed by atoms with Gasteiger partial charge in [-0.05, 0) is 45.7 Å². The highest BCUT2D eigenvalue weighted by molar-refractivity contribution is 5.94. The third kappa shape index (κ3) is 6.68. The summed E-state index contributed by atoms with van der Waals surface area (Å²) in [5, 5.41) is 6.93. The van der Waals surface area contributed by atoms with E-state index >= 15 is 0 Å². The molecule has 4 aromatic rings. The lowest BCUT2D eigenvalue weighted by Crippen LogP contribution is -2.19. The molecule has 0 aliphatic rings. The van der Waals surface area contributed by atoms with E-state index in [-0.39, 0.29) is 11.8 Å². The minimum atomic E-state index is 0.00641. The minimum Gasteiger partial charge on any atom is -0.384 e. The zero-order valence-electron chi connectivity index (χ0n) is 22.4. The molecule has 0 atom stereocenters. The van der Waals surface area contributed by atoms with Crippen LogP contribution < -0.4 is 10.6 Å². The van der Waals surface area contributed by atoms with Crippen LogP contribution in [-0.4, -0.2) is 12.5 Å². The minimum absolute atomic E-state index is 0.00641. The van der Waals surface area contributed by atoms with Crippen LogP contribution in [0.15, 0.2) is 103 Å². The summed E-state index contributed by atoms with van der Waals surface area (Å²) >= 11 is 0. The van der Waals surface area contributed by atoms with Gasteiger partial charge in [-0.3, -0.25) is 4.79 Å². The molecule has 3 nitrogen and oxygen atoms in total. The molecule has 0 heterocycles. The van der Waals surface area contributed by atoms with Crippen molar-refractivity contribution in [3.05, 3.63) is 131 Å². The number of nitrogens with one attached hydrogen (secondary N) is 2. The van der Waals surface area contributed by atoms with Crippen LogP contribution in [0.5, 0.6) is 0 Å². The Morgan fingerprint density at radius 2 is 1.16 bits per heavy atom. The van der Waals surface area contributed by atoms with Crippen molar-refractivity contribution in [3.8, 4) is 0 Å². The summed E-state index contributed by atoms with van der Waals surface area (Å²) < 4.78 is 0. The third-order valence-electron chi connectivity index (χ3n) is 6.91. The smallest absolute Gasteiger partial charge is 0.228 e. The summed E-state index contributed by atoms with van der Waals surface area (Å²) in [6.45, 7) is 9.42. The Kier molecular flexibility index (Phi) is 8.79. The van der Waals surface area contributed by atoms with Gasteiger partial charge in [0, 0.05) is 23.8 Å². The number of anilines is 2.